The Morgan fingerprint density at radius 2 is 2.35 bits per heavy atom. The minimum Gasteiger partial charge on any atom is -0.355 e. The van der Waals surface area contributed by atoms with Crippen molar-refractivity contribution in [1.29, 1.82) is 5.26 Å². The Balaban J connectivity index is 2.09. The quantitative estimate of drug-likeness (QED) is 0.818. The summed E-state index contributed by atoms with van der Waals surface area (Å²) in [6, 6.07) is 2.27. The van der Waals surface area contributed by atoms with Crippen molar-refractivity contribution in [3.63, 3.8) is 0 Å². The van der Waals surface area contributed by atoms with E-state index in [1.54, 1.807) is 6.20 Å². The van der Waals surface area contributed by atoms with Gasteiger partial charge < -0.3 is 10.6 Å². The van der Waals surface area contributed by atoms with Crippen LogP contribution in [0.1, 0.15) is 25.5 Å². The summed E-state index contributed by atoms with van der Waals surface area (Å²) in [5, 5.41) is 8.67. The van der Waals surface area contributed by atoms with Crippen molar-refractivity contribution < 1.29 is 0 Å². The summed E-state index contributed by atoms with van der Waals surface area (Å²) in [5.41, 5.74) is 6.43. The third-order valence-corrected chi connectivity index (χ3v) is 3.39. The number of anilines is 1. The molecular weight excluding hydrogens is 214 g/mol. The average Bonchev–Trinajstić information content (AvgIpc) is 2.39. The molecule has 1 aromatic rings. The molecule has 2 unspecified atom stereocenters. The second-order valence-corrected chi connectivity index (χ2v) is 4.44. The highest BCUT2D eigenvalue weighted by Crippen LogP contribution is 2.22. The van der Waals surface area contributed by atoms with Crippen LogP contribution in [0.2, 0.25) is 0 Å². The number of aromatic nitrogens is 2. The van der Waals surface area contributed by atoms with Crippen LogP contribution < -0.4 is 10.6 Å². The molecule has 5 nitrogen and oxygen atoms in total. The van der Waals surface area contributed by atoms with E-state index in [4.69, 9.17) is 11.0 Å². The molecule has 1 aromatic heterocycles. The standard InChI is InChI=1S/C12H17N5/c1-2-9-8-17(4-3-11(9)14)12-7-15-10(5-13)6-16-12/h6-7,9,11H,2-4,8,14H2,1H3. The van der Waals surface area contributed by atoms with Gasteiger partial charge in [0, 0.05) is 19.1 Å². The van der Waals surface area contributed by atoms with Crippen LogP contribution in [0.25, 0.3) is 0 Å². The lowest BCUT2D eigenvalue weighted by Gasteiger charge is -2.37. The van der Waals surface area contributed by atoms with Crippen LogP contribution in [0.4, 0.5) is 5.82 Å². The molecule has 0 bridgehead atoms. The fourth-order valence-electron chi connectivity index (χ4n) is 2.23. The molecule has 2 N–H and O–H groups in total. The van der Waals surface area contributed by atoms with Crippen LogP contribution in [-0.2, 0) is 0 Å². The van der Waals surface area contributed by atoms with E-state index in [1.165, 1.54) is 6.20 Å². The van der Waals surface area contributed by atoms with Gasteiger partial charge in [0.25, 0.3) is 0 Å². The molecule has 2 atom stereocenters. The van der Waals surface area contributed by atoms with E-state index in [2.05, 4.69) is 21.8 Å². The molecule has 17 heavy (non-hydrogen) atoms. The van der Waals surface area contributed by atoms with Crippen LogP contribution in [0.3, 0.4) is 0 Å². The van der Waals surface area contributed by atoms with Gasteiger partial charge in [-0.15, -0.1) is 0 Å². The van der Waals surface area contributed by atoms with E-state index in [0.717, 1.165) is 31.7 Å². The summed E-state index contributed by atoms with van der Waals surface area (Å²) in [6.45, 7) is 4.01. The van der Waals surface area contributed by atoms with E-state index in [-0.39, 0.29) is 0 Å². The Bertz CT molecular complexity index is 408. The fourth-order valence-corrected chi connectivity index (χ4v) is 2.23. The molecule has 0 aromatic carbocycles. The van der Waals surface area contributed by atoms with Gasteiger partial charge in [-0.05, 0) is 12.3 Å². The zero-order valence-electron chi connectivity index (χ0n) is 10.0. The number of nitrogens with zero attached hydrogens (tertiary/aromatic N) is 4. The molecule has 90 valence electrons. The van der Waals surface area contributed by atoms with Gasteiger partial charge in [-0.25, -0.2) is 9.97 Å². The Hall–Kier alpha value is -1.67. The van der Waals surface area contributed by atoms with Gasteiger partial charge in [-0.1, -0.05) is 13.3 Å². The first-order valence-electron chi connectivity index (χ1n) is 5.97. The zero-order chi connectivity index (χ0) is 12.3. The Morgan fingerprint density at radius 3 is 2.94 bits per heavy atom. The van der Waals surface area contributed by atoms with Gasteiger partial charge in [0.1, 0.15) is 11.9 Å². The monoisotopic (exact) mass is 231 g/mol. The smallest absolute Gasteiger partial charge is 0.158 e. The minimum atomic E-state index is 0.294. The lowest BCUT2D eigenvalue weighted by atomic mass is 9.91. The van der Waals surface area contributed by atoms with E-state index < -0.39 is 0 Å². The summed E-state index contributed by atoms with van der Waals surface area (Å²) < 4.78 is 0. The molecule has 0 aliphatic carbocycles. The highest BCUT2D eigenvalue weighted by atomic mass is 15.2. The van der Waals surface area contributed by atoms with E-state index >= 15 is 0 Å². The Morgan fingerprint density at radius 1 is 1.53 bits per heavy atom. The molecule has 2 heterocycles. The largest absolute Gasteiger partial charge is 0.355 e. The molecule has 1 aliphatic heterocycles. The van der Waals surface area contributed by atoms with Gasteiger partial charge in [0.2, 0.25) is 0 Å². The van der Waals surface area contributed by atoms with E-state index in [1.807, 2.05) is 6.07 Å². The van der Waals surface area contributed by atoms with Gasteiger partial charge in [0.05, 0.1) is 12.4 Å². The second-order valence-electron chi connectivity index (χ2n) is 4.44. The van der Waals surface area contributed by atoms with Gasteiger partial charge >= 0.3 is 0 Å². The normalized spacial score (nSPS) is 24.4. The molecule has 5 heteroatoms. The Labute approximate surface area is 101 Å². The van der Waals surface area contributed by atoms with Gasteiger partial charge in [-0.2, -0.15) is 5.26 Å². The lowest BCUT2D eigenvalue weighted by molar-refractivity contribution is 0.346. The van der Waals surface area contributed by atoms with Crippen molar-refractivity contribution in [3.05, 3.63) is 18.1 Å². The number of nitriles is 1. The minimum absolute atomic E-state index is 0.294. The fraction of sp³-hybridized carbons (Fsp3) is 0.583. The summed E-state index contributed by atoms with van der Waals surface area (Å²) >= 11 is 0. The predicted molar refractivity (Wildman–Crippen MR) is 65.3 cm³/mol. The number of piperidine rings is 1. The molecule has 0 saturated carbocycles. The van der Waals surface area contributed by atoms with E-state index in [9.17, 15) is 0 Å². The van der Waals surface area contributed by atoms with Crippen LogP contribution in [0.15, 0.2) is 12.4 Å². The molecule has 1 saturated heterocycles. The van der Waals surface area contributed by atoms with Crippen molar-refractivity contribution in [1.82, 2.24) is 9.97 Å². The van der Waals surface area contributed by atoms with Crippen molar-refractivity contribution in [2.45, 2.75) is 25.8 Å². The van der Waals surface area contributed by atoms with Crippen molar-refractivity contribution in [2.75, 3.05) is 18.0 Å². The SMILES string of the molecule is CCC1CN(c2cnc(C#N)cn2)CCC1N. The molecule has 0 amide bonds. The summed E-state index contributed by atoms with van der Waals surface area (Å²) in [6.07, 6.45) is 5.26. The maximum absolute atomic E-state index is 8.67. The van der Waals surface area contributed by atoms with Crippen molar-refractivity contribution in [3.8, 4) is 6.07 Å². The maximum Gasteiger partial charge on any atom is 0.158 e. The topological polar surface area (TPSA) is 78.8 Å². The molecule has 0 spiro atoms. The molecule has 0 radical (unpaired) electrons. The highest BCUT2D eigenvalue weighted by molar-refractivity contribution is 5.38. The van der Waals surface area contributed by atoms with Crippen molar-refractivity contribution in [2.24, 2.45) is 11.7 Å². The molecular formula is C12H17N5. The maximum atomic E-state index is 8.67. The summed E-state index contributed by atoms with van der Waals surface area (Å²) in [5.74, 6) is 1.36. The predicted octanol–water partition coefficient (Wildman–Crippen LogP) is 0.912. The van der Waals surface area contributed by atoms with Crippen LogP contribution in [0.5, 0.6) is 0 Å². The highest BCUT2D eigenvalue weighted by Gasteiger charge is 2.25. The molecule has 2 rings (SSSR count). The molecule has 1 aliphatic rings. The van der Waals surface area contributed by atoms with Crippen LogP contribution in [-0.4, -0.2) is 29.1 Å². The first-order valence-corrected chi connectivity index (χ1v) is 5.97. The van der Waals surface area contributed by atoms with Gasteiger partial charge in [-0.3, -0.25) is 0 Å². The van der Waals surface area contributed by atoms with Crippen LogP contribution in [0, 0.1) is 17.2 Å². The number of rotatable bonds is 2. The third kappa shape index (κ3) is 2.53. The zero-order valence-corrected chi connectivity index (χ0v) is 10.0. The van der Waals surface area contributed by atoms with Gasteiger partial charge in [0.15, 0.2) is 5.69 Å². The number of hydrogen-bond acceptors (Lipinski definition) is 5. The number of hydrogen-bond donors (Lipinski definition) is 1. The Kier molecular flexibility index (Phi) is 3.55. The summed E-state index contributed by atoms with van der Waals surface area (Å²) in [4.78, 5) is 10.5. The first-order chi connectivity index (χ1) is 8.24. The average molecular weight is 231 g/mol. The van der Waals surface area contributed by atoms with Crippen LogP contribution >= 0.6 is 0 Å². The lowest BCUT2D eigenvalue weighted by Crippen LogP contribution is -2.47. The third-order valence-electron chi connectivity index (χ3n) is 3.39. The molecule has 1 fully saturated rings. The van der Waals surface area contributed by atoms with Crippen molar-refractivity contribution >= 4 is 5.82 Å². The number of nitrogens with two attached hydrogens (primary N) is 1. The first kappa shape index (κ1) is 11.8. The van der Waals surface area contributed by atoms with E-state index in [0.29, 0.717) is 17.7 Å². The second kappa shape index (κ2) is 5.11. The summed E-state index contributed by atoms with van der Waals surface area (Å²) in [7, 11) is 0.